The van der Waals surface area contributed by atoms with Crippen molar-refractivity contribution in [2.45, 2.75) is 44.1 Å². The lowest BCUT2D eigenvalue weighted by molar-refractivity contribution is -0.147. The van der Waals surface area contributed by atoms with Gasteiger partial charge in [-0.05, 0) is 30.4 Å². The first-order valence-electron chi connectivity index (χ1n) is 6.89. The number of hydrogen-bond donors (Lipinski definition) is 2. The van der Waals surface area contributed by atoms with Gasteiger partial charge in [-0.3, -0.25) is 4.79 Å². The van der Waals surface area contributed by atoms with Crippen LogP contribution in [0.15, 0.2) is 23.6 Å². The van der Waals surface area contributed by atoms with Crippen LogP contribution in [0.5, 0.6) is 0 Å². The molecular formula is C15H19NO3S. The molecule has 0 radical (unpaired) electrons. The maximum absolute atomic E-state index is 12.0. The minimum Gasteiger partial charge on any atom is -0.480 e. The molecule has 1 aromatic rings. The van der Waals surface area contributed by atoms with Crippen LogP contribution in [-0.2, 0) is 9.59 Å². The second kappa shape index (κ2) is 6.70. The van der Waals surface area contributed by atoms with Gasteiger partial charge in [-0.2, -0.15) is 0 Å². The molecule has 1 heterocycles. The number of carbonyl (C=O) groups is 2. The van der Waals surface area contributed by atoms with E-state index in [0.717, 1.165) is 30.6 Å². The van der Waals surface area contributed by atoms with Gasteiger partial charge < -0.3 is 10.4 Å². The van der Waals surface area contributed by atoms with E-state index < -0.39 is 11.5 Å². The van der Waals surface area contributed by atoms with E-state index in [1.807, 2.05) is 17.5 Å². The van der Waals surface area contributed by atoms with E-state index in [4.69, 9.17) is 0 Å². The van der Waals surface area contributed by atoms with Crippen LogP contribution < -0.4 is 5.32 Å². The third kappa shape index (κ3) is 3.70. The number of aliphatic carboxylic acids is 1. The lowest BCUT2D eigenvalue weighted by Gasteiger charge is -2.28. The first-order chi connectivity index (χ1) is 9.62. The summed E-state index contributed by atoms with van der Waals surface area (Å²) in [7, 11) is 0. The normalized spacial score (nSPS) is 18.6. The van der Waals surface area contributed by atoms with E-state index >= 15 is 0 Å². The minimum absolute atomic E-state index is 0.331. The highest BCUT2D eigenvalue weighted by Gasteiger charge is 2.39. The Bertz CT molecular complexity index is 485. The van der Waals surface area contributed by atoms with Crippen molar-refractivity contribution in [1.29, 1.82) is 0 Å². The van der Waals surface area contributed by atoms with Crippen molar-refractivity contribution in [3.8, 4) is 0 Å². The van der Waals surface area contributed by atoms with Gasteiger partial charge in [-0.15, -0.1) is 11.3 Å². The van der Waals surface area contributed by atoms with Gasteiger partial charge in [0.05, 0.1) is 0 Å². The fourth-order valence-corrected chi connectivity index (χ4v) is 3.16. The summed E-state index contributed by atoms with van der Waals surface area (Å²) in [4.78, 5) is 24.5. The van der Waals surface area contributed by atoms with Gasteiger partial charge in [0.25, 0.3) is 0 Å². The first-order valence-corrected chi connectivity index (χ1v) is 7.77. The molecule has 1 amide bonds. The van der Waals surface area contributed by atoms with Crippen molar-refractivity contribution >= 4 is 29.3 Å². The Balaban J connectivity index is 2.04. The Morgan fingerprint density at radius 1 is 1.25 bits per heavy atom. The Morgan fingerprint density at radius 2 is 1.95 bits per heavy atom. The van der Waals surface area contributed by atoms with Crippen molar-refractivity contribution < 1.29 is 14.7 Å². The van der Waals surface area contributed by atoms with Crippen LogP contribution in [0.1, 0.15) is 43.4 Å². The number of nitrogens with one attached hydrogen (secondary N) is 1. The standard InChI is InChI=1S/C15H19NO3S/c17-13(8-7-12-6-5-11-20-12)16-15(14(18)19)9-3-1-2-4-10-15/h5-8,11H,1-4,9-10H2,(H,16,17)(H,18,19)/b8-7+. The zero-order valence-electron chi connectivity index (χ0n) is 11.3. The summed E-state index contributed by atoms with van der Waals surface area (Å²) in [6, 6.07) is 3.82. The molecule has 1 aromatic heterocycles. The second-order valence-corrected chi connectivity index (χ2v) is 6.12. The SMILES string of the molecule is O=C(/C=C/c1cccs1)NC1(C(=O)O)CCCCCC1. The molecule has 1 aliphatic carbocycles. The Morgan fingerprint density at radius 3 is 2.50 bits per heavy atom. The van der Waals surface area contributed by atoms with Gasteiger partial charge in [-0.1, -0.05) is 31.7 Å². The molecule has 1 aliphatic rings. The monoisotopic (exact) mass is 293 g/mol. The number of carbonyl (C=O) groups excluding carboxylic acids is 1. The zero-order valence-corrected chi connectivity index (χ0v) is 12.1. The highest BCUT2D eigenvalue weighted by atomic mass is 32.1. The number of thiophene rings is 1. The fourth-order valence-electron chi connectivity index (χ4n) is 2.55. The van der Waals surface area contributed by atoms with Crippen LogP contribution in [0.4, 0.5) is 0 Å². The maximum atomic E-state index is 12.0. The van der Waals surface area contributed by atoms with E-state index in [1.165, 1.54) is 17.4 Å². The largest absolute Gasteiger partial charge is 0.480 e. The average molecular weight is 293 g/mol. The van der Waals surface area contributed by atoms with Crippen LogP contribution in [0, 0.1) is 0 Å². The number of carboxylic acids is 1. The summed E-state index contributed by atoms with van der Waals surface area (Å²) in [6.07, 6.45) is 7.93. The average Bonchev–Trinajstić information content (AvgIpc) is 2.82. The predicted octanol–water partition coefficient (Wildman–Crippen LogP) is 3.06. The predicted molar refractivity (Wildman–Crippen MR) is 79.6 cm³/mol. The van der Waals surface area contributed by atoms with E-state index in [2.05, 4.69) is 5.32 Å². The molecule has 0 aromatic carbocycles. The maximum Gasteiger partial charge on any atom is 0.329 e. The molecule has 0 unspecified atom stereocenters. The molecule has 1 fully saturated rings. The van der Waals surface area contributed by atoms with E-state index in [-0.39, 0.29) is 5.91 Å². The summed E-state index contributed by atoms with van der Waals surface area (Å²) >= 11 is 1.54. The Kier molecular flexibility index (Phi) is 4.95. The topological polar surface area (TPSA) is 66.4 Å². The van der Waals surface area contributed by atoms with Crippen molar-refractivity contribution in [2.75, 3.05) is 0 Å². The van der Waals surface area contributed by atoms with Gasteiger partial charge in [0, 0.05) is 11.0 Å². The van der Waals surface area contributed by atoms with Crippen molar-refractivity contribution in [2.24, 2.45) is 0 Å². The van der Waals surface area contributed by atoms with E-state index in [1.54, 1.807) is 6.08 Å². The molecule has 2 N–H and O–H groups in total. The molecule has 20 heavy (non-hydrogen) atoms. The molecule has 4 nitrogen and oxygen atoms in total. The van der Waals surface area contributed by atoms with Gasteiger partial charge in [0.1, 0.15) is 5.54 Å². The summed E-state index contributed by atoms with van der Waals surface area (Å²) in [5.74, 6) is -1.25. The van der Waals surface area contributed by atoms with Gasteiger partial charge in [0.15, 0.2) is 0 Å². The minimum atomic E-state index is -1.09. The third-order valence-corrected chi connectivity index (χ3v) is 4.51. The summed E-state index contributed by atoms with van der Waals surface area (Å²) < 4.78 is 0. The smallest absolute Gasteiger partial charge is 0.329 e. The molecule has 0 atom stereocenters. The summed E-state index contributed by atoms with van der Waals surface area (Å²) in [6.45, 7) is 0. The number of hydrogen-bond acceptors (Lipinski definition) is 3. The lowest BCUT2D eigenvalue weighted by Crippen LogP contribution is -2.53. The van der Waals surface area contributed by atoms with Crippen LogP contribution in [-0.4, -0.2) is 22.5 Å². The quantitative estimate of drug-likeness (QED) is 0.662. The van der Waals surface area contributed by atoms with E-state index in [0.29, 0.717) is 12.8 Å². The molecule has 0 bridgehead atoms. The lowest BCUT2D eigenvalue weighted by atomic mass is 9.90. The highest BCUT2D eigenvalue weighted by Crippen LogP contribution is 2.27. The molecule has 108 valence electrons. The van der Waals surface area contributed by atoms with Crippen molar-refractivity contribution in [3.05, 3.63) is 28.5 Å². The van der Waals surface area contributed by atoms with Crippen LogP contribution in [0.2, 0.25) is 0 Å². The fraction of sp³-hybridized carbons (Fsp3) is 0.467. The van der Waals surface area contributed by atoms with Gasteiger partial charge >= 0.3 is 5.97 Å². The summed E-state index contributed by atoms with van der Waals surface area (Å²) in [5, 5.41) is 14.1. The molecule has 0 aliphatic heterocycles. The molecule has 0 saturated heterocycles. The molecule has 2 rings (SSSR count). The van der Waals surface area contributed by atoms with Crippen molar-refractivity contribution in [3.63, 3.8) is 0 Å². The molecule has 5 heteroatoms. The molecule has 0 spiro atoms. The van der Waals surface area contributed by atoms with Crippen LogP contribution in [0.3, 0.4) is 0 Å². The summed E-state index contributed by atoms with van der Waals surface area (Å²) in [5.41, 5.74) is -1.09. The highest BCUT2D eigenvalue weighted by molar-refractivity contribution is 7.10. The zero-order chi connectivity index (χ0) is 14.4. The van der Waals surface area contributed by atoms with E-state index in [9.17, 15) is 14.7 Å². The molecular weight excluding hydrogens is 274 g/mol. The van der Waals surface area contributed by atoms with Crippen LogP contribution in [0.25, 0.3) is 6.08 Å². The number of carboxylic acid groups (broad SMARTS) is 1. The van der Waals surface area contributed by atoms with Crippen LogP contribution >= 0.6 is 11.3 Å². The van der Waals surface area contributed by atoms with Gasteiger partial charge in [0.2, 0.25) is 5.91 Å². The first kappa shape index (κ1) is 14.8. The Labute approximate surface area is 122 Å². The van der Waals surface area contributed by atoms with Gasteiger partial charge in [-0.25, -0.2) is 4.79 Å². The molecule has 1 saturated carbocycles. The Hall–Kier alpha value is -1.62. The number of amides is 1. The second-order valence-electron chi connectivity index (χ2n) is 5.14. The van der Waals surface area contributed by atoms with Crippen molar-refractivity contribution in [1.82, 2.24) is 5.32 Å². The number of rotatable bonds is 4. The third-order valence-electron chi connectivity index (χ3n) is 3.67.